The molecule has 0 aromatic rings. The summed E-state index contributed by atoms with van der Waals surface area (Å²) in [5.74, 6) is 0. The molecule has 0 spiro atoms. The van der Waals surface area contributed by atoms with Crippen molar-refractivity contribution in [1.29, 1.82) is 0 Å². The third-order valence-corrected chi connectivity index (χ3v) is 14.5. The molecule has 0 rings (SSSR count). The molecule has 0 radical (unpaired) electrons. The molecule has 0 aromatic carbocycles. The van der Waals surface area contributed by atoms with Gasteiger partial charge >= 0.3 is 266 Å². The van der Waals surface area contributed by atoms with Gasteiger partial charge in [0.2, 0.25) is 0 Å². The molecule has 0 aliphatic heterocycles. The van der Waals surface area contributed by atoms with E-state index in [1.165, 1.54) is 154 Å². The van der Waals surface area contributed by atoms with Crippen LogP contribution in [-0.4, -0.2) is 46.5 Å². The first kappa shape index (κ1) is 41.6. The zero-order valence-corrected chi connectivity index (χ0v) is 31.6. The molecule has 5 heteroatoms. The third kappa shape index (κ3) is 30.4. The Morgan fingerprint density at radius 2 is 0.415 bits per heavy atom. The zero-order valence-electron chi connectivity index (χ0n) is 28.8. The molecule has 0 amide bonds. The van der Waals surface area contributed by atoms with Crippen molar-refractivity contribution in [3.05, 3.63) is 0 Å². The molecular formula is C36H76O4Sn. The Labute approximate surface area is 265 Å². The SMILES string of the molecule is CCCCCCCCC[O][Sn]([O]CCCCCCCCC)([O]CCCCCCCCC)[O]CCCCCCCCC. The average Bonchev–Trinajstić information content (AvgIpc) is 2.98. The van der Waals surface area contributed by atoms with Crippen molar-refractivity contribution in [3.63, 3.8) is 0 Å². The van der Waals surface area contributed by atoms with Gasteiger partial charge in [0, 0.05) is 0 Å². The molecule has 0 heterocycles. The minimum atomic E-state index is -4.04. The van der Waals surface area contributed by atoms with Gasteiger partial charge in [-0.25, -0.2) is 0 Å². The van der Waals surface area contributed by atoms with Crippen LogP contribution in [0.25, 0.3) is 0 Å². The normalized spacial score (nSPS) is 12.0. The van der Waals surface area contributed by atoms with Gasteiger partial charge in [-0.3, -0.25) is 0 Å². The van der Waals surface area contributed by atoms with Crippen LogP contribution < -0.4 is 0 Å². The summed E-state index contributed by atoms with van der Waals surface area (Å²) in [5.41, 5.74) is 0. The average molecular weight is 692 g/mol. The number of hydrogen-bond donors (Lipinski definition) is 0. The van der Waals surface area contributed by atoms with E-state index in [0.717, 1.165) is 52.1 Å². The molecule has 0 bridgehead atoms. The van der Waals surface area contributed by atoms with Crippen LogP contribution in [0.3, 0.4) is 0 Å². The van der Waals surface area contributed by atoms with Crippen LogP contribution in [0.5, 0.6) is 0 Å². The molecular weight excluding hydrogens is 615 g/mol. The van der Waals surface area contributed by atoms with Crippen molar-refractivity contribution in [2.45, 2.75) is 207 Å². The van der Waals surface area contributed by atoms with Crippen LogP contribution in [0, 0.1) is 0 Å². The second-order valence-electron chi connectivity index (χ2n) is 12.4. The van der Waals surface area contributed by atoms with E-state index in [9.17, 15) is 0 Å². The van der Waals surface area contributed by atoms with Crippen molar-refractivity contribution in [2.24, 2.45) is 0 Å². The van der Waals surface area contributed by atoms with Gasteiger partial charge in [-0.05, 0) is 0 Å². The predicted octanol–water partition coefficient (Wildman–Crippen LogP) is 12.5. The standard InChI is InChI=1S/4C9H19O.Sn/c4*1-2-3-4-5-6-7-8-9-10;/h4*2-9H2,1H3;/q4*-1;+4. The minimum absolute atomic E-state index is 0.731. The van der Waals surface area contributed by atoms with Crippen molar-refractivity contribution in [3.8, 4) is 0 Å². The second-order valence-corrected chi connectivity index (χ2v) is 18.5. The predicted molar refractivity (Wildman–Crippen MR) is 182 cm³/mol. The van der Waals surface area contributed by atoms with E-state index in [1.54, 1.807) is 0 Å². The Morgan fingerprint density at radius 3 is 0.610 bits per heavy atom. The van der Waals surface area contributed by atoms with E-state index in [0.29, 0.717) is 0 Å². The Balaban J connectivity index is 4.82. The summed E-state index contributed by atoms with van der Waals surface area (Å²) >= 11 is -4.04. The summed E-state index contributed by atoms with van der Waals surface area (Å²) in [6.45, 7) is 12.1. The Kier molecular flexibility index (Phi) is 35.7. The van der Waals surface area contributed by atoms with Crippen LogP contribution >= 0.6 is 0 Å². The van der Waals surface area contributed by atoms with E-state index >= 15 is 0 Å². The Morgan fingerprint density at radius 1 is 0.244 bits per heavy atom. The summed E-state index contributed by atoms with van der Waals surface area (Å²) < 4.78 is 26.3. The molecule has 0 N–H and O–H groups in total. The first-order valence-corrected chi connectivity index (χ1v) is 23.5. The van der Waals surface area contributed by atoms with Crippen LogP contribution in [0.4, 0.5) is 0 Å². The van der Waals surface area contributed by atoms with Crippen LogP contribution in [-0.2, 0) is 12.3 Å². The molecule has 4 nitrogen and oxygen atoms in total. The first-order chi connectivity index (χ1) is 20.2. The van der Waals surface area contributed by atoms with Gasteiger partial charge in [0.15, 0.2) is 0 Å². The quantitative estimate of drug-likeness (QED) is 0.0484. The van der Waals surface area contributed by atoms with Gasteiger partial charge in [0.25, 0.3) is 0 Å². The van der Waals surface area contributed by atoms with Crippen molar-refractivity contribution in [1.82, 2.24) is 0 Å². The molecule has 0 saturated carbocycles. The summed E-state index contributed by atoms with van der Waals surface area (Å²) in [6.07, 6.45) is 36.1. The molecule has 0 aliphatic carbocycles. The molecule has 0 unspecified atom stereocenters. The Bertz CT molecular complexity index is 391. The van der Waals surface area contributed by atoms with E-state index in [2.05, 4.69) is 27.7 Å². The maximum absolute atomic E-state index is 6.58. The molecule has 248 valence electrons. The van der Waals surface area contributed by atoms with Gasteiger partial charge in [0.05, 0.1) is 0 Å². The fourth-order valence-electron chi connectivity index (χ4n) is 5.28. The number of unbranched alkanes of at least 4 members (excludes halogenated alkanes) is 24. The summed E-state index contributed by atoms with van der Waals surface area (Å²) in [5, 5.41) is 0. The van der Waals surface area contributed by atoms with Gasteiger partial charge in [-0.1, -0.05) is 0 Å². The molecule has 41 heavy (non-hydrogen) atoms. The fraction of sp³-hybridized carbons (Fsp3) is 1.00. The van der Waals surface area contributed by atoms with Gasteiger partial charge in [-0.15, -0.1) is 0 Å². The maximum atomic E-state index is 6.58. The van der Waals surface area contributed by atoms with Gasteiger partial charge in [-0.2, -0.15) is 0 Å². The van der Waals surface area contributed by atoms with Crippen LogP contribution in [0.2, 0.25) is 0 Å². The van der Waals surface area contributed by atoms with E-state index in [1.807, 2.05) is 0 Å². The van der Waals surface area contributed by atoms with Crippen molar-refractivity contribution >= 4 is 20.0 Å². The van der Waals surface area contributed by atoms with Crippen molar-refractivity contribution in [2.75, 3.05) is 26.4 Å². The number of hydrogen-bond acceptors (Lipinski definition) is 4. The number of rotatable bonds is 36. The summed E-state index contributed by atoms with van der Waals surface area (Å²) in [7, 11) is 0. The molecule has 0 fully saturated rings. The topological polar surface area (TPSA) is 36.9 Å². The molecule has 0 aliphatic rings. The molecule has 0 atom stereocenters. The van der Waals surface area contributed by atoms with Crippen LogP contribution in [0.1, 0.15) is 207 Å². The molecule has 0 aromatic heterocycles. The van der Waals surface area contributed by atoms with E-state index < -0.39 is 20.0 Å². The summed E-state index contributed by atoms with van der Waals surface area (Å²) in [4.78, 5) is 0. The van der Waals surface area contributed by atoms with E-state index in [4.69, 9.17) is 12.3 Å². The fourth-order valence-corrected chi connectivity index (χ4v) is 11.2. The second kappa shape index (κ2) is 35.1. The Hall–Kier alpha value is 0.639. The summed E-state index contributed by atoms with van der Waals surface area (Å²) in [6, 6.07) is 0. The third-order valence-electron chi connectivity index (χ3n) is 8.11. The van der Waals surface area contributed by atoms with Gasteiger partial charge in [0.1, 0.15) is 0 Å². The molecule has 0 saturated heterocycles. The van der Waals surface area contributed by atoms with Crippen molar-refractivity contribution < 1.29 is 12.3 Å². The van der Waals surface area contributed by atoms with Crippen LogP contribution in [0.15, 0.2) is 0 Å². The monoisotopic (exact) mass is 692 g/mol. The van der Waals surface area contributed by atoms with E-state index in [-0.39, 0.29) is 0 Å². The first-order valence-electron chi connectivity index (χ1n) is 18.8. The zero-order chi connectivity index (χ0) is 30.0. The van der Waals surface area contributed by atoms with Gasteiger partial charge < -0.3 is 0 Å².